The molecule has 0 bridgehead atoms. The van der Waals surface area contributed by atoms with Crippen molar-refractivity contribution in [2.45, 2.75) is 12.3 Å². The molecule has 8 aromatic rings. The largest absolute Gasteiger partial charge is 0.228 e. The molecule has 1 aliphatic rings. The molecule has 1 unspecified atom stereocenters. The zero-order valence-corrected chi connectivity index (χ0v) is 25.6. The number of nitrogens with zero attached hydrogens (tertiary/aromatic N) is 2. The van der Waals surface area contributed by atoms with Gasteiger partial charge in [0.1, 0.15) is 0 Å². The van der Waals surface area contributed by atoms with Gasteiger partial charge in [-0.15, -0.1) is 11.3 Å². The van der Waals surface area contributed by atoms with Crippen LogP contribution in [0.25, 0.3) is 65.2 Å². The quantitative estimate of drug-likeness (QED) is 0.203. The van der Waals surface area contributed by atoms with Crippen LogP contribution in [-0.2, 0) is 5.41 Å². The van der Waals surface area contributed by atoms with Gasteiger partial charge in [0.25, 0.3) is 0 Å². The summed E-state index contributed by atoms with van der Waals surface area (Å²) < 4.78 is 2.59. The van der Waals surface area contributed by atoms with Crippen LogP contribution in [0.1, 0.15) is 23.6 Å². The summed E-state index contributed by atoms with van der Waals surface area (Å²) in [6.45, 7) is 2.36. The van der Waals surface area contributed by atoms with E-state index in [1.807, 2.05) is 29.5 Å². The molecule has 2 aromatic heterocycles. The summed E-state index contributed by atoms with van der Waals surface area (Å²) in [6.07, 6.45) is 0. The Balaban J connectivity index is 1.25. The van der Waals surface area contributed by atoms with E-state index >= 15 is 0 Å². The summed E-state index contributed by atoms with van der Waals surface area (Å²) >= 11 is 1.84. The molecule has 2 nitrogen and oxygen atoms in total. The van der Waals surface area contributed by atoms with Crippen molar-refractivity contribution in [3.05, 3.63) is 168 Å². The van der Waals surface area contributed by atoms with Crippen molar-refractivity contribution < 1.29 is 0 Å². The monoisotopic (exact) mass is 592 g/mol. The van der Waals surface area contributed by atoms with Crippen molar-refractivity contribution in [2.24, 2.45) is 0 Å². The molecule has 1 atom stereocenters. The Morgan fingerprint density at radius 3 is 1.91 bits per heavy atom. The third-order valence-electron chi connectivity index (χ3n) is 9.39. The van der Waals surface area contributed by atoms with Crippen LogP contribution in [0.15, 0.2) is 152 Å². The summed E-state index contributed by atoms with van der Waals surface area (Å²) in [5, 5.41) is 2.55. The summed E-state index contributed by atoms with van der Waals surface area (Å²) in [5.74, 6) is 0.730. The van der Waals surface area contributed by atoms with Crippen LogP contribution in [0.2, 0.25) is 0 Å². The van der Waals surface area contributed by atoms with Gasteiger partial charge in [-0.3, -0.25) is 0 Å². The summed E-state index contributed by atoms with van der Waals surface area (Å²) in [4.78, 5) is 10.3. The molecule has 212 valence electrons. The third kappa shape index (κ3) is 4.08. The highest BCUT2D eigenvalue weighted by Crippen LogP contribution is 2.53. The molecular formula is C42H28N2S. The van der Waals surface area contributed by atoms with Crippen LogP contribution < -0.4 is 0 Å². The van der Waals surface area contributed by atoms with Crippen molar-refractivity contribution in [1.29, 1.82) is 0 Å². The lowest BCUT2D eigenvalue weighted by Gasteiger charge is -2.28. The Labute approximate surface area is 266 Å². The van der Waals surface area contributed by atoms with Crippen LogP contribution in [-0.4, -0.2) is 9.97 Å². The van der Waals surface area contributed by atoms with Crippen molar-refractivity contribution in [3.63, 3.8) is 0 Å². The van der Waals surface area contributed by atoms with Crippen LogP contribution in [0.4, 0.5) is 0 Å². The van der Waals surface area contributed by atoms with Gasteiger partial charge in [0, 0.05) is 42.3 Å². The maximum absolute atomic E-state index is 5.19. The van der Waals surface area contributed by atoms with Gasteiger partial charge >= 0.3 is 0 Å². The zero-order valence-electron chi connectivity index (χ0n) is 24.7. The molecule has 0 fully saturated rings. The van der Waals surface area contributed by atoms with Crippen LogP contribution in [0, 0.1) is 0 Å². The average molecular weight is 593 g/mol. The molecule has 2 heterocycles. The fourth-order valence-corrected chi connectivity index (χ4v) is 8.16. The Kier molecular flexibility index (Phi) is 5.84. The predicted octanol–water partition coefficient (Wildman–Crippen LogP) is 11.2. The molecule has 9 rings (SSSR count). The molecule has 0 aliphatic heterocycles. The number of fused-ring (bicyclic) bond motifs is 6. The molecular weight excluding hydrogens is 565 g/mol. The van der Waals surface area contributed by atoms with E-state index in [1.54, 1.807) is 0 Å². The Hall–Kier alpha value is -5.38. The minimum Gasteiger partial charge on any atom is -0.228 e. The van der Waals surface area contributed by atoms with Gasteiger partial charge in [-0.25, -0.2) is 9.97 Å². The Morgan fingerprint density at radius 1 is 0.467 bits per heavy atom. The molecule has 3 heteroatoms. The third-order valence-corrected chi connectivity index (χ3v) is 10.5. The van der Waals surface area contributed by atoms with Crippen LogP contribution in [0.3, 0.4) is 0 Å². The molecule has 6 aromatic carbocycles. The van der Waals surface area contributed by atoms with Crippen LogP contribution >= 0.6 is 11.3 Å². The van der Waals surface area contributed by atoms with E-state index in [-0.39, 0.29) is 5.41 Å². The van der Waals surface area contributed by atoms with Crippen molar-refractivity contribution in [3.8, 4) is 45.0 Å². The lowest BCUT2D eigenvalue weighted by molar-refractivity contribution is 0.714. The normalized spacial score (nSPS) is 15.3. The number of aromatic nitrogens is 2. The maximum Gasteiger partial charge on any atom is 0.160 e. The first-order valence-electron chi connectivity index (χ1n) is 15.3. The van der Waals surface area contributed by atoms with E-state index in [4.69, 9.17) is 9.97 Å². The highest BCUT2D eigenvalue weighted by molar-refractivity contribution is 7.25. The van der Waals surface area contributed by atoms with E-state index < -0.39 is 0 Å². The lowest BCUT2D eigenvalue weighted by Crippen LogP contribution is -2.22. The van der Waals surface area contributed by atoms with Crippen LogP contribution in [0.5, 0.6) is 0 Å². The van der Waals surface area contributed by atoms with Crippen molar-refractivity contribution >= 4 is 31.5 Å². The van der Waals surface area contributed by atoms with Gasteiger partial charge < -0.3 is 0 Å². The Morgan fingerprint density at radius 2 is 1.09 bits per heavy atom. The molecule has 0 saturated heterocycles. The fraction of sp³-hybridized carbons (Fsp3) is 0.0476. The van der Waals surface area contributed by atoms with E-state index in [1.165, 1.54) is 48.0 Å². The zero-order chi connectivity index (χ0) is 30.0. The molecule has 0 spiro atoms. The molecule has 0 saturated carbocycles. The first-order valence-corrected chi connectivity index (χ1v) is 16.1. The molecule has 0 N–H and O–H groups in total. The first-order chi connectivity index (χ1) is 22.2. The molecule has 1 aliphatic carbocycles. The second-order valence-electron chi connectivity index (χ2n) is 11.9. The maximum atomic E-state index is 5.19. The topological polar surface area (TPSA) is 25.8 Å². The number of rotatable bonds is 4. The summed E-state index contributed by atoms with van der Waals surface area (Å²) in [5.41, 5.74) is 11.3. The molecule has 45 heavy (non-hydrogen) atoms. The van der Waals surface area contributed by atoms with Crippen molar-refractivity contribution in [1.82, 2.24) is 9.97 Å². The van der Waals surface area contributed by atoms with E-state index in [2.05, 4.69) is 140 Å². The number of hydrogen-bond acceptors (Lipinski definition) is 3. The van der Waals surface area contributed by atoms with Gasteiger partial charge in [-0.05, 0) is 65.1 Å². The second-order valence-corrected chi connectivity index (χ2v) is 13.0. The minimum atomic E-state index is -0.271. The van der Waals surface area contributed by atoms with Gasteiger partial charge in [0.05, 0.1) is 11.4 Å². The standard InChI is InChI=1S/C42H28N2S/c1-42(30-14-6-3-7-15-30)35-18-10-8-16-31(35)32-22-20-29(25-36(32)42)38-26-37(43-41(44-38)27-12-4-2-5-13-27)28-21-23-40-34(24-28)33-17-9-11-19-39(33)45-40/h2-26H,1H3. The first kappa shape index (κ1) is 26.1. The number of thiophene rings is 1. The Bertz CT molecular complexity index is 2390. The summed E-state index contributed by atoms with van der Waals surface area (Å²) in [6, 6.07) is 54.4. The molecule has 0 amide bonds. The van der Waals surface area contributed by atoms with E-state index in [0.717, 1.165) is 33.9 Å². The molecule has 0 radical (unpaired) electrons. The second kappa shape index (κ2) is 10.1. The highest BCUT2D eigenvalue weighted by Gasteiger charge is 2.40. The highest BCUT2D eigenvalue weighted by atomic mass is 32.1. The number of benzene rings is 6. The van der Waals surface area contributed by atoms with Gasteiger partial charge in [-0.2, -0.15) is 0 Å². The van der Waals surface area contributed by atoms with Crippen molar-refractivity contribution in [2.75, 3.05) is 0 Å². The fourth-order valence-electron chi connectivity index (χ4n) is 7.08. The smallest absolute Gasteiger partial charge is 0.160 e. The predicted molar refractivity (Wildman–Crippen MR) is 189 cm³/mol. The number of hydrogen-bond donors (Lipinski definition) is 0. The summed E-state index contributed by atoms with van der Waals surface area (Å²) in [7, 11) is 0. The SMILES string of the molecule is CC1(c2ccccc2)c2ccccc2-c2ccc(-c3cc(-c4ccc5sc6ccccc6c5c4)nc(-c4ccccc4)n3)cc21. The van der Waals surface area contributed by atoms with E-state index in [0.29, 0.717) is 0 Å². The average Bonchev–Trinajstić information content (AvgIpc) is 3.61. The van der Waals surface area contributed by atoms with E-state index in [9.17, 15) is 0 Å². The van der Waals surface area contributed by atoms with Gasteiger partial charge in [-0.1, -0.05) is 121 Å². The van der Waals surface area contributed by atoms with Gasteiger partial charge in [0.15, 0.2) is 5.82 Å². The van der Waals surface area contributed by atoms with Gasteiger partial charge in [0.2, 0.25) is 0 Å². The lowest BCUT2D eigenvalue weighted by atomic mass is 9.74. The minimum absolute atomic E-state index is 0.271.